The number of unbranched alkanes of at least 4 members (excludes halogenated alkanes) is 2. The summed E-state index contributed by atoms with van der Waals surface area (Å²) >= 11 is 0. The molecule has 0 saturated heterocycles. The molecule has 0 fully saturated rings. The van der Waals surface area contributed by atoms with E-state index in [0.29, 0.717) is 0 Å². The smallest absolute Gasteiger partial charge is 0.00238 e. The van der Waals surface area contributed by atoms with Gasteiger partial charge in [-0.3, -0.25) is 0 Å². The predicted octanol–water partition coefficient (Wildman–Crippen LogP) is 7.89. The summed E-state index contributed by atoms with van der Waals surface area (Å²) in [7, 11) is 0. The number of rotatable bonds is 6. The van der Waals surface area contributed by atoms with Crippen LogP contribution in [0, 0.1) is 13.8 Å². The second kappa shape index (κ2) is 6.91. The summed E-state index contributed by atoms with van der Waals surface area (Å²) < 4.78 is 0. The van der Waals surface area contributed by atoms with Gasteiger partial charge in [-0.15, -0.1) is 0 Å². The van der Waals surface area contributed by atoms with Crippen LogP contribution in [0.5, 0.6) is 0 Å². The zero-order chi connectivity index (χ0) is 18.3. The molecule has 0 radical (unpaired) electrons. The van der Waals surface area contributed by atoms with E-state index in [9.17, 15) is 0 Å². The third-order valence-electron chi connectivity index (χ3n) is 6.26. The van der Waals surface area contributed by atoms with Gasteiger partial charge in [0.05, 0.1) is 0 Å². The summed E-state index contributed by atoms with van der Waals surface area (Å²) in [4.78, 5) is 0. The van der Waals surface area contributed by atoms with Gasteiger partial charge in [0.25, 0.3) is 0 Å². The fourth-order valence-corrected chi connectivity index (χ4v) is 4.61. The van der Waals surface area contributed by atoms with E-state index in [2.05, 4.69) is 64.1 Å². The van der Waals surface area contributed by atoms with Gasteiger partial charge in [-0.05, 0) is 94.1 Å². The molecule has 0 heterocycles. The minimum absolute atomic E-state index is 1.19. The molecule has 0 spiro atoms. The minimum Gasteiger partial charge on any atom is -0.0654 e. The molecule has 0 unspecified atom stereocenters. The average molecular weight is 343 g/mol. The van der Waals surface area contributed by atoms with Crippen LogP contribution < -0.4 is 0 Å². The zero-order valence-corrected chi connectivity index (χ0v) is 16.7. The summed E-state index contributed by atoms with van der Waals surface area (Å²) in [6.45, 7) is 9.19. The molecule has 26 heavy (non-hydrogen) atoms. The maximum absolute atomic E-state index is 2.45. The Labute approximate surface area is 157 Å². The molecule has 4 rings (SSSR count). The van der Waals surface area contributed by atoms with E-state index in [0.717, 1.165) is 0 Å². The van der Waals surface area contributed by atoms with Gasteiger partial charge >= 0.3 is 0 Å². The highest BCUT2D eigenvalue weighted by Crippen LogP contribution is 2.39. The summed E-state index contributed by atoms with van der Waals surface area (Å²) in [5.74, 6) is 0. The highest BCUT2D eigenvalue weighted by molar-refractivity contribution is 6.24. The molecule has 0 aliphatic heterocycles. The first-order valence-electron chi connectivity index (χ1n) is 10.3. The fourth-order valence-electron chi connectivity index (χ4n) is 4.61. The van der Waals surface area contributed by atoms with Crippen molar-refractivity contribution < 1.29 is 0 Å². The van der Waals surface area contributed by atoms with E-state index >= 15 is 0 Å². The molecule has 0 amide bonds. The summed E-state index contributed by atoms with van der Waals surface area (Å²) in [6.07, 6.45) is 7.44. The van der Waals surface area contributed by atoms with E-state index in [-0.39, 0.29) is 0 Å². The van der Waals surface area contributed by atoms with E-state index in [4.69, 9.17) is 0 Å². The Balaban J connectivity index is 2.02. The fraction of sp³-hybridized carbons (Fsp3) is 0.385. The minimum atomic E-state index is 1.19. The highest BCUT2D eigenvalue weighted by Gasteiger charge is 2.15. The monoisotopic (exact) mass is 342 g/mol. The van der Waals surface area contributed by atoms with Crippen LogP contribution in [-0.2, 0) is 12.8 Å². The van der Waals surface area contributed by atoms with Gasteiger partial charge in [-0.1, -0.05) is 63.1 Å². The Morgan fingerprint density at radius 2 is 1.04 bits per heavy atom. The van der Waals surface area contributed by atoms with Crippen molar-refractivity contribution in [2.75, 3.05) is 0 Å². The van der Waals surface area contributed by atoms with E-state index < -0.39 is 0 Å². The molecular weight excluding hydrogens is 312 g/mol. The molecule has 4 aromatic carbocycles. The van der Waals surface area contributed by atoms with Crippen molar-refractivity contribution in [2.24, 2.45) is 0 Å². The van der Waals surface area contributed by atoms with Crippen LogP contribution in [-0.4, -0.2) is 0 Å². The van der Waals surface area contributed by atoms with Crippen LogP contribution in [0.2, 0.25) is 0 Å². The molecule has 0 saturated carbocycles. The Morgan fingerprint density at radius 3 is 1.42 bits per heavy atom. The molecule has 0 aliphatic rings. The molecular formula is C26H30. The summed E-state index contributed by atoms with van der Waals surface area (Å²) in [5, 5.41) is 8.68. The third-order valence-corrected chi connectivity index (χ3v) is 6.26. The quantitative estimate of drug-likeness (QED) is 0.312. The van der Waals surface area contributed by atoms with Crippen molar-refractivity contribution >= 4 is 32.3 Å². The van der Waals surface area contributed by atoms with Gasteiger partial charge < -0.3 is 0 Å². The van der Waals surface area contributed by atoms with Gasteiger partial charge in [-0.25, -0.2) is 0 Å². The average Bonchev–Trinajstić information content (AvgIpc) is 2.66. The predicted molar refractivity (Wildman–Crippen MR) is 117 cm³/mol. The van der Waals surface area contributed by atoms with Crippen LogP contribution in [0.15, 0.2) is 36.4 Å². The summed E-state index contributed by atoms with van der Waals surface area (Å²) in [5.41, 5.74) is 6.01. The Kier molecular flexibility index (Phi) is 4.61. The van der Waals surface area contributed by atoms with Crippen molar-refractivity contribution in [3.63, 3.8) is 0 Å². The lowest BCUT2D eigenvalue weighted by molar-refractivity contribution is 0.793. The molecule has 0 atom stereocenters. The van der Waals surface area contributed by atoms with Crippen LogP contribution >= 0.6 is 0 Å². The topological polar surface area (TPSA) is 0 Å². The Morgan fingerprint density at radius 1 is 0.615 bits per heavy atom. The van der Waals surface area contributed by atoms with Crippen molar-refractivity contribution in [1.29, 1.82) is 0 Å². The van der Waals surface area contributed by atoms with Crippen LogP contribution in [0.25, 0.3) is 32.3 Å². The lowest BCUT2D eigenvalue weighted by Gasteiger charge is -2.18. The second-order valence-corrected chi connectivity index (χ2v) is 7.95. The molecule has 0 N–H and O–H groups in total. The molecule has 134 valence electrons. The first-order valence-corrected chi connectivity index (χ1v) is 10.3. The van der Waals surface area contributed by atoms with Crippen molar-refractivity contribution in [3.05, 3.63) is 58.7 Å². The van der Waals surface area contributed by atoms with E-state index in [1.54, 1.807) is 0 Å². The van der Waals surface area contributed by atoms with Gasteiger partial charge in [0.1, 0.15) is 0 Å². The summed E-state index contributed by atoms with van der Waals surface area (Å²) in [6, 6.07) is 14.4. The molecule has 0 aliphatic carbocycles. The highest BCUT2D eigenvalue weighted by atomic mass is 14.2. The zero-order valence-electron chi connectivity index (χ0n) is 16.7. The number of hydrogen-bond donors (Lipinski definition) is 0. The molecule has 0 aromatic heterocycles. The van der Waals surface area contributed by atoms with Crippen molar-refractivity contribution in [3.8, 4) is 0 Å². The van der Waals surface area contributed by atoms with Crippen molar-refractivity contribution in [1.82, 2.24) is 0 Å². The molecule has 0 nitrogen and oxygen atoms in total. The molecule has 4 aromatic rings. The van der Waals surface area contributed by atoms with Gasteiger partial charge in [0.15, 0.2) is 0 Å². The first-order chi connectivity index (χ1) is 12.7. The normalized spacial score (nSPS) is 12.0. The van der Waals surface area contributed by atoms with Gasteiger partial charge in [0.2, 0.25) is 0 Å². The molecule has 0 bridgehead atoms. The SMILES string of the molecule is CCCCc1cc2ccc3c(C)c(CCCC)cc4ccc(c1C)c2c43. The maximum atomic E-state index is 2.45. The second-order valence-electron chi connectivity index (χ2n) is 7.95. The Bertz CT molecular complexity index is 980. The largest absolute Gasteiger partial charge is 0.0654 e. The van der Waals surface area contributed by atoms with E-state index in [1.165, 1.54) is 93.1 Å². The lowest BCUT2D eigenvalue weighted by atomic mass is 9.86. The van der Waals surface area contributed by atoms with Crippen LogP contribution in [0.1, 0.15) is 61.8 Å². The van der Waals surface area contributed by atoms with Gasteiger partial charge in [0, 0.05) is 0 Å². The van der Waals surface area contributed by atoms with Crippen molar-refractivity contribution in [2.45, 2.75) is 66.2 Å². The lowest BCUT2D eigenvalue weighted by Crippen LogP contribution is -1.97. The maximum Gasteiger partial charge on any atom is -0.00238 e. The van der Waals surface area contributed by atoms with Gasteiger partial charge in [-0.2, -0.15) is 0 Å². The van der Waals surface area contributed by atoms with Crippen LogP contribution in [0.3, 0.4) is 0 Å². The Hall–Kier alpha value is -2.08. The number of benzene rings is 4. The molecule has 0 heteroatoms. The standard InChI is InChI=1S/C26H30/c1-5-7-9-19-15-21-11-14-24-18(4)20(10-8-6-2)16-22-12-13-23(17(19)3)25(21)26(22)24/h11-16H,5-10H2,1-4H3. The van der Waals surface area contributed by atoms with Crippen LogP contribution in [0.4, 0.5) is 0 Å². The van der Waals surface area contributed by atoms with E-state index in [1.807, 2.05) is 0 Å². The third kappa shape index (κ3) is 2.67. The number of hydrogen-bond acceptors (Lipinski definition) is 0. The first kappa shape index (κ1) is 17.3. The number of aryl methyl sites for hydroxylation is 4.